The minimum Gasteiger partial charge on any atom is -0.453 e. The highest BCUT2D eigenvalue weighted by Crippen LogP contribution is 2.49. The number of hydrogen-bond donors (Lipinski definition) is 2. The zero-order chi connectivity index (χ0) is 27.7. The van der Waals surface area contributed by atoms with Crippen molar-refractivity contribution in [2.24, 2.45) is 11.8 Å². The Labute approximate surface area is 242 Å². The molecule has 5 unspecified atom stereocenters. The number of rotatable bonds is 4. The molecule has 6 rings (SSSR count). The fraction of sp³-hybridized carbons (Fsp3) is 0.594. The van der Waals surface area contributed by atoms with Crippen molar-refractivity contribution in [3.05, 3.63) is 64.4 Å². The van der Waals surface area contributed by atoms with E-state index in [0.29, 0.717) is 30.0 Å². The summed E-state index contributed by atoms with van der Waals surface area (Å²) in [5.41, 5.74) is 2.83. The maximum atomic E-state index is 14.7. The van der Waals surface area contributed by atoms with Gasteiger partial charge in [-0.2, -0.15) is 0 Å². The van der Waals surface area contributed by atoms with Crippen LogP contribution in [0, 0.1) is 11.8 Å². The van der Waals surface area contributed by atoms with Crippen molar-refractivity contribution in [1.82, 2.24) is 20.5 Å². The Kier molecular flexibility index (Phi) is 8.04. The van der Waals surface area contributed by atoms with Crippen LogP contribution in [0.2, 0.25) is 5.15 Å². The Balaban J connectivity index is 1.30. The van der Waals surface area contributed by atoms with Crippen molar-refractivity contribution < 1.29 is 14.3 Å². The van der Waals surface area contributed by atoms with Gasteiger partial charge >= 0.3 is 6.09 Å². The molecule has 3 heterocycles. The second-order valence-corrected chi connectivity index (χ2v) is 12.6. The minimum absolute atomic E-state index is 0.173. The number of ether oxygens (including phenoxy) is 1. The van der Waals surface area contributed by atoms with Gasteiger partial charge in [0.1, 0.15) is 5.15 Å². The maximum absolute atomic E-state index is 14.7. The topological polar surface area (TPSA) is 83.6 Å². The van der Waals surface area contributed by atoms with Gasteiger partial charge in [0, 0.05) is 31.1 Å². The number of halogens is 1. The number of benzene rings is 1. The lowest BCUT2D eigenvalue weighted by Gasteiger charge is -2.48. The molecule has 1 spiro atoms. The average Bonchev–Trinajstić information content (AvgIpc) is 3.43. The number of alkyl carbamates (subject to hydrolysis) is 1. The standard InChI is InChI=1S/C32H41ClN4O3/c1-40-31(39)35-26-14-16-32(24-12-13-28(33)36-29(24)26)20-34-19-25(32)30(38)37-17-15-23(21-8-4-2-5-9-21)18-27(37)22-10-6-3-7-11-22/h2,4-5,8-9,12-13,22-23,25-27,34H,3,6-7,10-11,14-20H2,1H3,(H,35,39). The van der Waals surface area contributed by atoms with Gasteiger partial charge in [-0.3, -0.25) is 4.79 Å². The van der Waals surface area contributed by atoms with Crippen LogP contribution in [0.15, 0.2) is 42.5 Å². The molecule has 3 fully saturated rings. The molecular weight excluding hydrogens is 524 g/mol. The molecule has 1 saturated carbocycles. The Morgan fingerprint density at radius 2 is 1.88 bits per heavy atom. The van der Waals surface area contributed by atoms with Gasteiger partial charge < -0.3 is 20.3 Å². The number of likely N-dealkylation sites (tertiary alicyclic amines) is 1. The van der Waals surface area contributed by atoms with E-state index in [2.05, 4.69) is 50.8 Å². The van der Waals surface area contributed by atoms with Crippen LogP contribution in [-0.2, 0) is 14.9 Å². The first-order valence-electron chi connectivity index (χ1n) is 15.1. The van der Waals surface area contributed by atoms with Gasteiger partial charge in [-0.1, -0.05) is 67.3 Å². The quantitative estimate of drug-likeness (QED) is 0.463. The number of nitrogens with zero attached hydrogens (tertiary/aromatic N) is 2. The van der Waals surface area contributed by atoms with Gasteiger partial charge in [-0.15, -0.1) is 0 Å². The number of hydrogen-bond acceptors (Lipinski definition) is 5. The predicted molar refractivity (Wildman–Crippen MR) is 155 cm³/mol. The molecule has 1 aromatic carbocycles. The lowest BCUT2D eigenvalue weighted by molar-refractivity contribution is -0.143. The number of piperidine rings is 1. The smallest absolute Gasteiger partial charge is 0.407 e. The van der Waals surface area contributed by atoms with Gasteiger partial charge in [-0.25, -0.2) is 9.78 Å². The van der Waals surface area contributed by atoms with Gasteiger partial charge in [0.05, 0.1) is 24.8 Å². The highest BCUT2D eigenvalue weighted by molar-refractivity contribution is 6.29. The van der Waals surface area contributed by atoms with Crippen molar-refractivity contribution in [3.63, 3.8) is 0 Å². The molecule has 7 nitrogen and oxygen atoms in total. The molecule has 2 aliphatic carbocycles. The van der Waals surface area contributed by atoms with Crippen LogP contribution in [-0.4, -0.2) is 54.7 Å². The predicted octanol–water partition coefficient (Wildman–Crippen LogP) is 5.74. The van der Waals surface area contributed by atoms with E-state index < -0.39 is 6.09 Å². The monoisotopic (exact) mass is 564 g/mol. The highest BCUT2D eigenvalue weighted by atomic mass is 35.5. The number of nitrogens with one attached hydrogen (secondary N) is 2. The van der Waals surface area contributed by atoms with E-state index in [4.69, 9.17) is 16.3 Å². The number of methoxy groups -OCH3 is 1. The number of pyridine rings is 1. The van der Waals surface area contributed by atoms with Gasteiger partial charge in [0.25, 0.3) is 0 Å². The summed E-state index contributed by atoms with van der Waals surface area (Å²) in [7, 11) is 1.37. The summed E-state index contributed by atoms with van der Waals surface area (Å²) in [6.45, 7) is 2.19. The summed E-state index contributed by atoms with van der Waals surface area (Å²) < 4.78 is 4.88. The van der Waals surface area contributed by atoms with E-state index in [1.165, 1.54) is 44.8 Å². The Morgan fingerprint density at radius 1 is 1.07 bits per heavy atom. The van der Waals surface area contributed by atoms with Crippen LogP contribution < -0.4 is 10.6 Å². The summed E-state index contributed by atoms with van der Waals surface area (Å²) in [6.07, 6.45) is 9.32. The Morgan fingerprint density at radius 3 is 2.65 bits per heavy atom. The number of amides is 2. The molecule has 0 radical (unpaired) electrons. The molecule has 2 aromatic rings. The van der Waals surface area contributed by atoms with Crippen molar-refractivity contribution in [1.29, 1.82) is 0 Å². The molecule has 2 amide bonds. The molecule has 5 atom stereocenters. The second-order valence-electron chi connectivity index (χ2n) is 12.3. The summed E-state index contributed by atoms with van der Waals surface area (Å²) in [4.78, 5) is 33.8. The molecule has 2 saturated heterocycles. The van der Waals surface area contributed by atoms with Gasteiger partial charge in [0.15, 0.2) is 0 Å². The molecule has 214 valence electrons. The third-order valence-corrected chi connectivity index (χ3v) is 10.5. The van der Waals surface area contributed by atoms with E-state index >= 15 is 0 Å². The molecule has 40 heavy (non-hydrogen) atoms. The lowest BCUT2D eigenvalue weighted by atomic mass is 9.63. The van der Waals surface area contributed by atoms with Crippen molar-refractivity contribution in [2.75, 3.05) is 26.7 Å². The van der Waals surface area contributed by atoms with Crippen LogP contribution in [0.3, 0.4) is 0 Å². The van der Waals surface area contributed by atoms with Crippen molar-refractivity contribution in [2.45, 2.75) is 81.2 Å². The molecule has 1 aromatic heterocycles. The van der Waals surface area contributed by atoms with E-state index in [1.54, 1.807) is 0 Å². The third kappa shape index (κ3) is 5.11. The highest BCUT2D eigenvalue weighted by Gasteiger charge is 2.54. The first kappa shape index (κ1) is 27.5. The van der Waals surface area contributed by atoms with Gasteiger partial charge in [0.2, 0.25) is 5.91 Å². The minimum atomic E-state index is -0.484. The zero-order valence-corrected chi connectivity index (χ0v) is 24.2. The fourth-order valence-electron chi connectivity index (χ4n) is 8.24. The normalized spacial score (nSPS) is 30.6. The van der Waals surface area contributed by atoms with E-state index in [-0.39, 0.29) is 29.3 Å². The van der Waals surface area contributed by atoms with Crippen LogP contribution in [0.25, 0.3) is 0 Å². The first-order valence-corrected chi connectivity index (χ1v) is 15.5. The molecule has 4 aliphatic rings. The molecule has 2 aliphatic heterocycles. The van der Waals surface area contributed by atoms with E-state index in [9.17, 15) is 9.59 Å². The first-order chi connectivity index (χ1) is 19.5. The van der Waals surface area contributed by atoms with Crippen LogP contribution in [0.4, 0.5) is 4.79 Å². The molecule has 2 N–H and O–H groups in total. The van der Waals surface area contributed by atoms with Crippen molar-refractivity contribution in [3.8, 4) is 0 Å². The van der Waals surface area contributed by atoms with Crippen LogP contribution in [0.5, 0.6) is 0 Å². The maximum Gasteiger partial charge on any atom is 0.407 e. The lowest BCUT2D eigenvalue weighted by Crippen LogP contribution is -2.55. The summed E-state index contributed by atoms with van der Waals surface area (Å²) in [6, 6.07) is 14.7. The Hall–Kier alpha value is -2.64. The third-order valence-electron chi connectivity index (χ3n) is 10.3. The van der Waals surface area contributed by atoms with Crippen molar-refractivity contribution >= 4 is 23.6 Å². The summed E-state index contributed by atoms with van der Waals surface area (Å²) in [5, 5.41) is 6.91. The van der Waals surface area contributed by atoms with Crippen LogP contribution in [0.1, 0.15) is 86.6 Å². The summed E-state index contributed by atoms with van der Waals surface area (Å²) >= 11 is 6.35. The molecule has 8 heteroatoms. The number of carbonyl (C=O) groups is 2. The summed E-state index contributed by atoms with van der Waals surface area (Å²) in [5.74, 6) is 1.18. The van der Waals surface area contributed by atoms with E-state index in [1.807, 2.05) is 12.1 Å². The number of fused-ring (bicyclic) bond motifs is 2. The largest absolute Gasteiger partial charge is 0.453 e. The number of aromatic nitrogens is 1. The van der Waals surface area contributed by atoms with E-state index in [0.717, 1.165) is 43.6 Å². The second kappa shape index (κ2) is 11.7. The van der Waals surface area contributed by atoms with Crippen LogP contribution >= 0.6 is 11.6 Å². The van der Waals surface area contributed by atoms with Gasteiger partial charge in [-0.05, 0) is 67.6 Å². The Bertz CT molecular complexity index is 1220. The fourth-order valence-corrected chi connectivity index (χ4v) is 8.40. The SMILES string of the molecule is COC(=O)NC1CCC2(CNCC2C(=O)N2CCC(c3ccccc3)CC2C2CCCCC2)c2ccc(Cl)nc21. The molecular formula is C32H41ClN4O3. The zero-order valence-electron chi connectivity index (χ0n) is 23.4. The average molecular weight is 565 g/mol. The number of carbonyl (C=O) groups excluding carboxylic acids is 2. The molecule has 0 bridgehead atoms.